The lowest BCUT2D eigenvalue weighted by Gasteiger charge is -2.22. The average Bonchev–Trinajstić information content (AvgIpc) is 2.98. The summed E-state index contributed by atoms with van der Waals surface area (Å²) in [6.45, 7) is 2.22. The molecule has 0 aliphatic carbocycles. The molecule has 0 spiro atoms. The van der Waals surface area contributed by atoms with Crippen LogP contribution in [0.4, 0.5) is 0 Å². The van der Waals surface area contributed by atoms with Crippen LogP contribution >= 0.6 is 11.8 Å². The van der Waals surface area contributed by atoms with Crippen LogP contribution in [0.15, 0.2) is 54.6 Å². The number of carboxylic acid groups (broad SMARTS) is 1. The van der Waals surface area contributed by atoms with E-state index in [0.29, 0.717) is 17.1 Å². The van der Waals surface area contributed by atoms with E-state index in [1.807, 2.05) is 6.26 Å². The summed E-state index contributed by atoms with van der Waals surface area (Å²) in [6.07, 6.45) is 2.29. The van der Waals surface area contributed by atoms with Gasteiger partial charge in [0, 0.05) is 13.3 Å². The van der Waals surface area contributed by atoms with Gasteiger partial charge in [-0.25, -0.2) is 4.79 Å². The van der Waals surface area contributed by atoms with Gasteiger partial charge in [-0.05, 0) is 55.0 Å². The highest BCUT2D eigenvalue weighted by molar-refractivity contribution is 7.98. The van der Waals surface area contributed by atoms with Gasteiger partial charge in [0.2, 0.25) is 23.6 Å². The van der Waals surface area contributed by atoms with Crippen molar-refractivity contribution in [3.05, 3.63) is 65.7 Å². The molecule has 0 bridgehead atoms. The third-order valence-corrected chi connectivity index (χ3v) is 6.96. The number of rotatable bonds is 17. The lowest BCUT2D eigenvalue weighted by molar-refractivity contribution is -0.142. The molecule has 13 nitrogen and oxygen atoms in total. The second-order valence-corrected chi connectivity index (χ2v) is 11.0. The van der Waals surface area contributed by atoms with Gasteiger partial charge in [-0.1, -0.05) is 42.5 Å². The van der Waals surface area contributed by atoms with Crippen molar-refractivity contribution in [2.45, 2.75) is 57.3 Å². The first-order valence-corrected chi connectivity index (χ1v) is 15.2. The number of carboxylic acids is 1. The number of benzene rings is 2. The minimum atomic E-state index is -1.18. The number of nitrogens with two attached hydrogens (primary N) is 1. The third kappa shape index (κ3) is 12.8. The van der Waals surface area contributed by atoms with E-state index in [1.54, 1.807) is 54.6 Å². The van der Waals surface area contributed by atoms with Crippen molar-refractivity contribution >= 4 is 47.3 Å². The fourth-order valence-electron chi connectivity index (χ4n) is 3.98. The molecule has 238 valence electrons. The Morgan fingerprint density at radius 3 is 2.07 bits per heavy atom. The first-order chi connectivity index (χ1) is 20.9. The Labute approximate surface area is 260 Å². The summed E-state index contributed by atoms with van der Waals surface area (Å²) in [7, 11) is 0. The summed E-state index contributed by atoms with van der Waals surface area (Å²) < 4.78 is 4.97. The molecule has 0 aromatic heterocycles. The van der Waals surface area contributed by atoms with Gasteiger partial charge in [0.1, 0.15) is 23.9 Å². The Balaban J connectivity index is 1.91. The molecule has 7 N–H and O–H groups in total. The highest BCUT2D eigenvalue weighted by atomic mass is 32.2. The number of ether oxygens (including phenoxy) is 1. The Hall–Kier alpha value is -4.43. The summed E-state index contributed by atoms with van der Waals surface area (Å²) >= 11 is 1.44. The summed E-state index contributed by atoms with van der Waals surface area (Å²) in [4.78, 5) is 73.6. The number of amides is 4. The Bertz CT molecular complexity index is 1290. The lowest BCUT2D eigenvalue weighted by Crippen LogP contribution is -2.55. The van der Waals surface area contributed by atoms with Crippen molar-refractivity contribution in [2.75, 3.05) is 18.6 Å². The molecule has 0 aliphatic rings. The second kappa shape index (κ2) is 18.3. The van der Waals surface area contributed by atoms with Crippen molar-refractivity contribution < 1.29 is 38.6 Å². The van der Waals surface area contributed by atoms with Gasteiger partial charge in [0.05, 0.1) is 12.6 Å². The topological polar surface area (TPSA) is 206 Å². The van der Waals surface area contributed by atoms with Crippen LogP contribution in [0.5, 0.6) is 5.75 Å². The van der Waals surface area contributed by atoms with Gasteiger partial charge < -0.3 is 36.8 Å². The highest BCUT2D eigenvalue weighted by Crippen LogP contribution is 2.13. The smallest absolute Gasteiger partial charge is 0.326 e. The molecule has 0 heterocycles. The zero-order valence-corrected chi connectivity index (χ0v) is 25.6. The van der Waals surface area contributed by atoms with Crippen LogP contribution in [0.3, 0.4) is 0 Å². The fourth-order valence-corrected chi connectivity index (χ4v) is 4.45. The largest absolute Gasteiger partial charge is 0.480 e. The normalized spacial score (nSPS) is 13.4. The molecule has 4 atom stereocenters. The van der Waals surface area contributed by atoms with Crippen molar-refractivity contribution in [2.24, 2.45) is 5.73 Å². The molecular formula is C30H39N5O8S. The van der Waals surface area contributed by atoms with Gasteiger partial charge >= 0.3 is 11.9 Å². The SMILES string of the molecule is CSCC[C@@H](NC(=O)[C@H](Cc1ccccc1)NC(=O)CNC(=O)[C@@H](C)NC(=O)[C@@H](N)Cc1ccc(OC(C)=O)cc1)C(=O)O. The number of carbonyl (C=O) groups excluding carboxylic acids is 5. The second-order valence-electron chi connectivity index (χ2n) is 9.99. The predicted octanol–water partition coefficient (Wildman–Crippen LogP) is 0.153. The van der Waals surface area contributed by atoms with Crippen LogP contribution in [-0.2, 0) is 41.6 Å². The van der Waals surface area contributed by atoms with E-state index in [2.05, 4.69) is 21.3 Å². The minimum absolute atomic E-state index is 0.0953. The lowest BCUT2D eigenvalue weighted by atomic mass is 10.0. The van der Waals surface area contributed by atoms with Crippen LogP contribution in [0.2, 0.25) is 0 Å². The number of nitrogens with one attached hydrogen (secondary N) is 4. The van der Waals surface area contributed by atoms with E-state index in [1.165, 1.54) is 25.6 Å². The van der Waals surface area contributed by atoms with Crippen LogP contribution in [0, 0.1) is 0 Å². The van der Waals surface area contributed by atoms with Gasteiger partial charge in [0.25, 0.3) is 0 Å². The van der Waals surface area contributed by atoms with Crippen LogP contribution in [-0.4, -0.2) is 83.4 Å². The summed E-state index contributed by atoms with van der Waals surface area (Å²) in [5.74, 6) is -3.36. The summed E-state index contributed by atoms with van der Waals surface area (Å²) in [5.41, 5.74) is 7.45. The van der Waals surface area contributed by atoms with Gasteiger partial charge in [0.15, 0.2) is 0 Å². The maximum atomic E-state index is 13.0. The number of aliphatic carboxylic acids is 1. The molecule has 2 aromatic carbocycles. The average molecular weight is 630 g/mol. The van der Waals surface area contributed by atoms with E-state index in [-0.39, 0.29) is 19.3 Å². The highest BCUT2D eigenvalue weighted by Gasteiger charge is 2.27. The van der Waals surface area contributed by atoms with E-state index in [9.17, 15) is 33.9 Å². The van der Waals surface area contributed by atoms with Crippen molar-refractivity contribution in [1.82, 2.24) is 21.3 Å². The maximum Gasteiger partial charge on any atom is 0.326 e. The van der Waals surface area contributed by atoms with Crippen LogP contribution < -0.4 is 31.7 Å². The molecular weight excluding hydrogens is 590 g/mol. The molecule has 0 unspecified atom stereocenters. The molecule has 0 radical (unpaired) electrons. The molecule has 4 amide bonds. The van der Waals surface area contributed by atoms with E-state index in [4.69, 9.17) is 10.5 Å². The molecule has 2 rings (SSSR count). The predicted molar refractivity (Wildman–Crippen MR) is 165 cm³/mol. The Morgan fingerprint density at radius 1 is 0.841 bits per heavy atom. The molecule has 0 fully saturated rings. The standard InChI is InChI=1S/C30H39N5O8S/c1-18(33-28(39)23(31)15-21-9-11-22(12-10-21)43-19(2)36)27(38)32-17-26(37)34-25(16-20-7-5-4-6-8-20)29(40)35-24(30(41)42)13-14-44-3/h4-12,18,23-25H,13-17,31H2,1-3H3,(H,32,38)(H,33,39)(H,34,37)(H,35,40)(H,41,42)/t18-,23+,24-,25+/m1/s1. The number of esters is 1. The number of hydrogen-bond acceptors (Lipinski definition) is 9. The summed E-state index contributed by atoms with van der Waals surface area (Å²) in [5, 5.41) is 19.5. The van der Waals surface area contributed by atoms with Crippen LogP contribution in [0.1, 0.15) is 31.4 Å². The monoisotopic (exact) mass is 629 g/mol. The van der Waals surface area contributed by atoms with Gasteiger partial charge in [-0.15, -0.1) is 0 Å². The molecule has 0 aliphatic heterocycles. The Kier molecular flexibility index (Phi) is 14.9. The van der Waals surface area contributed by atoms with Crippen LogP contribution in [0.25, 0.3) is 0 Å². The minimum Gasteiger partial charge on any atom is -0.480 e. The fraction of sp³-hybridized carbons (Fsp3) is 0.400. The number of hydrogen-bond donors (Lipinski definition) is 6. The number of carbonyl (C=O) groups is 6. The maximum absolute atomic E-state index is 13.0. The zero-order valence-electron chi connectivity index (χ0n) is 24.8. The van der Waals surface area contributed by atoms with Crippen molar-refractivity contribution in [3.8, 4) is 5.75 Å². The molecule has 0 saturated carbocycles. The zero-order chi connectivity index (χ0) is 32.6. The molecule has 2 aromatic rings. The van der Waals surface area contributed by atoms with Crippen molar-refractivity contribution in [3.63, 3.8) is 0 Å². The quantitative estimate of drug-likeness (QED) is 0.103. The van der Waals surface area contributed by atoms with Gasteiger partial charge in [-0.3, -0.25) is 24.0 Å². The van der Waals surface area contributed by atoms with E-state index < -0.39 is 66.3 Å². The van der Waals surface area contributed by atoms with Crippen molar-refractivity contribution in [1.29, 1.82) is 0 Å². The molecule has 0 saturated heterocycles. The first kappa shape index (κ1) is 35.8. The molecule has 14 heteroatoms. The Morgan fingerprint density at radius 2 is 1.48 bits per heavy atom. The molecule has 44 heavy (non-hydrogen) atoms. The first-order valence-electron chi connectivity index (χ1n) is 13.9. The third-order valence-electron chi connectivity index (χ3n) is 6.31. The number of thioether (sulfide) groups is 1. The van der Waals surface area contributed by atoms with Gasteiger partial charge in [-0.2, -0.15) is 11.8 Å². The summed E-state index contributed by atoms with van der Waals surface area (Å²) in [6, 6.07) is 11.1. The van der Waals surface area contributed by atoms with E-state index >= 15 is 0 Å². The van der Waals surface area contributed by atoms with E-state index in [0.717, 1.165) is 5.56 Å².